The molecule has 130 valence electrons. The molecule has 0 bridgehead atoms. The van der Waals surface area contributed by atoms with Crippen molar-refractivity contribution in [2.24, 2.45) is 0 Å². The average Bonchev–Trinajstić information content (AvgIpc) is 2.54. The number of carbonyl (C=O) groups is 4. The number of rotatable bonds is 14. The molecule has 0 aromatic carbocycles. The molecule has 0 aromatic heterocycles. The molecule has 0 atom stereocenters. The number of ether oxygens (including phenoxy) is 2. The largest absolute Gasteiger partial charge is 0.379 e. The molecular formula is C15H24N2O6. The molecule has 0 fully saturated rings. The van der Waals surface area contributed by atoms with Gasteiger partial charge in [0.25, 0.3) is 0 Å². The fraction of sp³-hybridized carbons (Fsp3) is 0.600. The first kappa shape index (κ1) is 20.9. The summed E-state index contributed by atoms with van der Waals surface area (Å²) in [5.41, 5.74) is 0. The summed E-state index contributed by atoms with van der Waals surface area (Å²) in [7, 11) is 1.61. The second kappa shape index (κ2) is 14.9. The standard InChI is InChI=1S/C15H24N2O6/c1-17(15(21)4-2-8-18)7-11-23-13-12-22-10-5-14(20)16-6-3-9-19/h2,4,8-9H,3,5-7,10-13H2,1H3,(H,16,20)/b4-2-. The molecule has 0 rings (SSSR count). The van der Waals surface area contributed by atoms with Crippen LogP contribution in [-0.2, 0) is 28.7 Å². The van der Waals surface area contributed by atoms with Crippen molar-refractivity contribution < 1.29 is 28.7 Å². The molecule has 8 nitrogen and oxygen atoms in total. The zero-order valence-electron chi connectivity index (χ0n) is 13.4. The Morgan fingerprint density at radius 1 is 1.09 bits per heavy atom. The molecule has 2 amide bonds. The van der Waals surface area contributed by atoms with Gasteiger partial charge in [-0.1, -0.05) is 0 Å². The molecule has 23 heavy (non-hydrogen) atoms. The highest BCUT2D eigenvalue weighted by Crippen LogP contribution is 1.89. The highest BCUT2D eigenvalue weighted by molar-refractivity contribution is 5.90. The Morgan fingerprint density at radius 2 is 1.78 bits per heavy atom. The Bertz CT molecular complexity index is 397. The summed E-state index contributed by atoms with van der Waals surface area (Å²) < 4.78 is 10.5. The summed E-state index contributed by atoms with van der Waals surface area (Å²) in [5, 5.41) is 2.59. The van der Waals surface area contributed by atoms with Crippen LogP contribution in [0, 0.1) is 0 Å². The van der Waals surface area contributed by atoms with Crippen molar-refractivity contribution in [1.29, 1.82) is 0 Å². The van der Waals surface area contributed by atoms with Gasteiger partial charge in [0.1, 0.15) is 12.6 Å². The topological polar surface area (TPSA) is 102 Å². The Morgan fingerprint density at radius 3 is 2.43 bits per heavy atom. The van der Waals surface area contributed by atoms with E-state index < -0.39 is 0 Å². The van der Waals surface area contributed by atoms with Crippen LogP contribution in [0.25, 0.3) is 0 Å². The highest BCUT2D eigenvalue weighted by Gasteiger charge is 2.04. The zero-order valence-corrected chi connectivity index (χ0v) is 13.4. The van der Waals surface area contributed by atoms with Crippen molar-refractivity contribution >= 4 is 24.4 Å². The molecule has 0 aromatic rings. The molecule has 0 radical (unpaired) electrons. The number of carbonyl (C=O) groups excluding carboxylic acids is 4. The first-order valence-electron chi connectivity index (χ1n) is 7.34. The fourth-order valence-corrected chi connectivity index (χ4v) is 1.41. The van der Waals surface area contributed by atoms with Crippen LogP contribution in [0.4, 0.5) is 0 Å². The third kappa shape index (κ3) is 13.3. The SMILES string of the molecule is CN(CCOCCOCCC(=O)NCCC=O)C(=O)/C=C\C=O. The van der Waals surface area contributed by atoms with Gasteiger partial charge in [-0.2, -0.15) is 0 Å². The van der Waals surface area contributed by atoms with Crippen LogP contribution in [0.1, 0.15) is 12.8 Å². The van der Waals surface area contributed by atoms with Gasteiger partial charge in [0.05, 0.1) is 26.4 Å². The maximum atomic E-state index is 11.4. The lowest BCUT2D eigenvalue weighted by atomic mass is 10.4. The zero-order chi connectivity index (χ0) is 17.3. The highest BCUT2D eigenvalue weighted by atomic mass is 16.5. The average molecular weight is 328 g/mol. The first-order valence-corrected chi connectivity index (χ1v) is 7.34. The normalized spacial score (nSPS) is 10.5. The number of amides is 2. The molecule has 0 spiro atoms. The number of hydrogen-bond donors (Lipinski definition) is 1. The lowest BCUT2D eigenvalue weighted by Gasteiger charge is -2.14. The van der Waals surface area contributed by atoms with E-state index in [0.717, 1.165) is 12.4 Å². The Labute approximate surface area is 135 Å². The van der Waals surface area contributed by atoms with Gasteiger partial charge in [-0.15, -0.1) is 0 Å². The van der Waals surface area contributed by atoms with Crippen molar-refractivity contribution in [3.8, 4) is 0 Å². The van der Waals surface area contributed by atoms with Crippen molar-refractivity contribution in [2.75, 3.05) is 46.6 Å². The van der Waals surface area contributed by atoms with Crippen LogP contribution in [-0.4, -0.2) is 75.9 Å². The maximum Gasteiger partial charge on any atom is 0.246 e. The van der Waals surface area contributed by atoms with Gasteiger partial charge in [0.2, 0.25) is 11.8 Å². The summed E-state index contributed by atoms with van der Waals surface area (Å²) in [5.74, 6) is -0.422. The van der Waals surface area contributed by atoms with Crippen molar-refractivity contribution in [1.82, 2.24) is 10.2 Å². The van der Waals surface area contributed by atoms with E-state index >= 15 is 0 Å². The molecule has 0 unspecified atom stereocenters. The van der Waals surface area contributed by atoms with Gasteiger partial charge in [0.15, 0.2) is 0 Å². The quantitative estimate of drug-likeness (QED) is 0.258. The second-order valence-corrected chi connectivity index (χ2v) is 4.54. The van der Waals surface area contributed by atoms with Crippen LogP contribution in [0.3, 0.4) is 0 Å². The number of hydrogen-bond acceptors (Lipinski definition) is 6. The van der Waals surface area contributed by atoms with E-state index in [0.29, 0.717) is 45.6 Å². The summed E-state index contributed by atoms with van der Waals surface area (Å²) in [6, 6.07) is 0. The minimum Gasteiger partial charge on any atom is -0.379 e. The van der Waals surface area contributed by atoms with E-state index in [1.54, 1.807) is 7.05 Å². The van der Waals surface area contributed by atoms with Crippen LogP contribution >= 0.6 is 0 Å². The number of likely N-dealkylation sites (N-methyl/N-ethyl adjacent to an activating group) is 1. The molecule has 0 saturated heterocycles. The monoisotopic (exact) mass is 328 g/mol. The van der Waals surface area contributed by atoms with E-state index in [4.69, 9.17) is 9.47 Å². The number of aldehydes is 2. The lowest BCUT2D eigenvalue weighted by molar-refractivity contribution is -0.125. The fourth-order valence-electron chi connectivity index (χ4n) is 1.41. The molecular weight excluding hydrogens is 304 g/mol. The molecule has 8 heteroatoms. The van der Waals surface area contributed by atoms with Crippen LogP contribution in [0.5, 0.6) is 0 Å². The van der Waals surface area contributed by atoms with Gasteiger partial charge in [-0.05, 0) is 6.08 Å². The van der Waals surface area contributed by atoms with Gasteiger partial charge >= 0.3 is 0 Å². The summed E-state index contributed by atoms with van der Waals surface area (Å²) >= 11 is 0. The van der Waals surface area contributed by atoms with Crippen LogP contribution in [0.15, 0.2) is 12.2 Å². The van der Waals surface area contributed by atoms with E-state index in [-0.39, 0.29) is 24.8 Å². The Kier molecular flexibility index (Phi) is 13.5. The van der Waals surface area contributed by atoms with Crippen molar-refractivity contribution in [3.63, 3.8) is 0 Å². The molecule has 0 aliphatic rings. The smallest absolute Gasteiger partial charge is 0.246 e. The summed E-state index contributed by atoms with van der Waals surface area (Å²) in [4.78, 5) is 44.3. The third-order valence-corrected chi connectivity index (χ3v) is 2.69. The van der Waals surface area contributed by atoms with Crippen molar-refractivity contribution in [3.05, 3.63) is 12.2 Å². The summed E-state index contributed by atoms with van der Waals surface area (Å²) in [6.07, 6.45) is 4.17. The minimum absolute atomic E-state index is 0.156. The molecule has 0 aliphatic carbocycles. The van der Waals surface area contributed by atoms with Gasteiger partial charge in [0, 0.05) is 39.1 Å². The van der Waals surface area contributed by atoms with Gasteiger partial charge in [-0.25, -0.2) is 0 Å². The summed E-state index contributed by atoms with van der Waals surface area (Å²) in [6.45, 7) is 2.10. The molecule has 0 heterocycles. The lowest BCUT2D eigenvalue weighted by Crippen LogP contribution is -2.29. The van der Waals surface area contributed by atoms with E-state index in [1.165, 1.54) is 11.0 Å². The van der Waals surface area contributed by atoms with Crippen LogP contribution in [0.2, 0.25) is 0 Å². The number of nitrogens with one attached hydrogen (secondary N) is 1. The molecule has 0 saturated carbocycles. The van der Waals surface area contributed by atoms with E-state index in [1.807, 2.05) is 0 Å². The van der Waals surface area contributed by atoms with Crippen molar-refractivity contribution in [2.45, 2.75) is 12.8 Å². The van der Waals surface area contributed by atoms with E-state index in [9.17, 15) is 19.2 Å². The minimum atomic E-state index is -0.266. The van der Waals surface area contributed by atoms with Crippen LogP contribution < -0.4 is 5.32 Å². The van der Waals surface area contributed by atoms with Gasteiger partial charge in [-0.3, -0.25) is 14.4 Å². The van der Waals surface area contributed by atoms with E-state index in [2.05, 4.69) is 5.32 Å². The predicted octanol–water partition coefficient (Wildman–Crippen LogP) is -0.672. The van der Waals surface area contributed by atoms with Gasteiger partial charge < -0.3 is 24.5 Å². The Balaban J connectivity index is 3.44. The second-order valence-electron chi connectivity index (χ2n) is 4.54. The molecule has 0 aliphatic heterocycles. The third-order valence-electron chi connectivity index (χ3n) is 2.69. The first-order chi connectivity index (χ1) is 11.1. The Hall–Kier alpha value is -2.06. The number of nitrogens with zero attached hydrogens (tertiary/aromatic N) is 1. The predicted molar refractivity (Wildman–Crippen MR) is 82.8 cm³/mol. The number of allylic oxidation sites excluding steroid dienone is 1. The maximum absolute atomic E-state index is 11.4. The molecule has 1 N–H and O–H groups in total.